The lowest BCUT2D eigenvalue weighted by atomic mass is 9.92. The summed E-state index contributed by atoms with van der Waals surface area (Å²) < 4.78 is 39.8. The fraction of sp³-hybridized carbons (Fsp3) is 0.452. The van der Waals surface area contributed by atoms with E-state index in [1.54, 1.807) is 23.6 Å². The van der Waals surface area contributed by atoms with Crippen LogP contribution in [0.4, 0.5) is 30.5 Å². The van der Waals surface area contributed by atoms with E-state index in [1.807, 2.05) is 34.6 Å². The van der Waals surface area contributed by atoms with Gasteiger partial charge in [0.1, 0.15) is 11.5 Å². The smallest absolute Gasteiger partial charge is 0.417 e. The predicted molar refractivity (Wildman–Crippen MR) is 161 cm³/mol. The molecule has 0 unspecified atom stereocenters. The Hall–Kier alpha value is -3.93. The third kappa shape index (κ3) is 5.33. The fourth-order valence-corrected chi connectivity index (χ4v) is 6.48. The molecule has 234 valence electrons. The Morgan fingerprint density at radius 3 is 2.25 bits per heavy atom. The molecule has 44 heavy (non-hydrogen) atoms. The number of rotatable bonds is 4. The number of anilines is 3. The molecule has 5 rings (SSSR count). The molecule has 1 N–H and O–H groups in total. The average Bonchev–Trinajstić information content (AvgIpc) is 3.18. The number of amides is 1. The van der Waals surface area contributed by atoms with Gasteiger partial charge in [-0.05, 0) is 63.9 Å². The molecule has 0 radical (unpaired) electrons. The number of nitrogens with zero attached hydrogens (tertiary/aromatic N) is 6. The number of hydrogen-bond acceptors (Lipinski definition) is 7. The number of halogens is 4. The number of carboxylic acid groups (broad SMARTS) is 1. The summed E-state index contributed by atoms with van der Waals surface area (Å²) >= 11 is 6.00. The lowest BCUT2D eigenvalue weighted by Gasteiger charge is -2.47. The second kappa shape index (κ2) is 10.6. The van der Waals surface area contributed by atoms with Crippen molar-refractivity contribution in [3.8, 4) is 0 Å². The Bertz CT molecular complexity index is 1690. The average molecular weight is 631 g/mol. The SMILES string of the molecule is Cc1nc(N2CCN(C(=O)c3cnc4c(n3)C(C)(C)CN4c3ccc(C(F)(F)F)c(Cl)c3)C(C)(C)C2)c(C)c(C)c1C(=O)O. The maximum Gasteiger partial charge on any atom is 0.417 e. The van der Waals surface area contributed by atoms with Crippen LogP contribution in [0.5, 0.6) is 0 Å². The molecule has 2 aliphatic heterocycles. The van der Waals surface area contributed by atoms with Crippen molar-refractivity contribution in [1.29, 1.82) is 0 Å². The Kier molecular flexibility index (Phi) is 7.59. The zero-order valence-corrected chi connectivity index (χ0v) is 26.4. The molecule has 0 bridgehead atoms. The monoisotopic (exact) mass is 630 g/mol. The van der Waals surface area contributed by atoms with Crippen molar-refractivity contribution in [2.75, 3.05) is 36.0 Å². The van der Waals surface area contributed by atoms with Gasteiger partial charge in [0.2, 0.25) is 0 Å². The fourth-order valence-electron chi connectivity index (χ4n) is 6.20. The number of carbonyl (C=O) groups excluding carboxylic acids is 1. The third-order valence-corrected chi connectivity index (χ3v) is 8.87. The molecule has 2 aliphatic rings. The van der Waals surface area contributed by atoms with Crippen LogP contribution in [0.2, 0.25) is 5.02 Å². The predicted octanol–water partition coefficient (Wildman–Crippen LogP) is 6.34. The van der Waals surface area contributed by atoms with Gasteiger partial charge in [-0.2, -0.15) is 13.2 Å². The summed E-state index contributed by atoms with van der Waals surface area (Å²) in [6.07, 6.45) is -3.16. The van der Waals surface area contributed by atoms with Gasteiger partial charge in [-0.1, -0.05) is 25.4 Å². The number of pyridine rings is 1. The number of piperazine rings is 1. The quantitative estimate of drug-likeness (QED) is 0.356. The summed E-state index contributed by atoms with van der Waals surface area (Å²) in [5.41, 5.74) is 1.20. The highest BCUT2D eigenvalue weighted by Crippen LogP contribution is 2.44. The van der Waals surface area contributed by atoms with Crippen LogP contribution in [-0.4, -0.2) is 68.6 Å². The molecule has 13 heteroatoms. The molecule has 0 spiro atoms. The summed E-state index contributed by atoms with van der Waals surface area (Å²) in [7, 11) is 0. The van der Waals surface area contributed by atoms with E-state index >= 15 is 0 Å². The van der Waals surface area contributed by atoms with Crippen molar-refractivity contribution in [3.05, 3.63) is 68.8 Å². The summed E-state index contributed by atoms with van der Waals surface area (Å²) in [5, 5.41) is 9.21. The highest BCUT2D eigenvalue weighted by atomic mass is 35.5. The van der Waals surface area contributed by atoms with Gasteiger partial charge in [0.25, 0.3) is 5.91 Å². The van der Waals surface area contributed by atoms with Crippen LogP contribution in [0.25, 0.3) is 0 Å². The lowest BCUT2D eigenvalue weighted by molar-refractivity contribution is -0.137. The zero-order valence-electron chi connectivity index (χ0n) is 25.6. The Balaban J connectivity index is 1.41. The number of alkyl halides is 3. The molecular formula is C31H34ClF3N6O3. The largest absolute Gasteiger partial charge is 0.478 e. The van der Waals surface area contributed by atoms with Crippen LogP contribution < -0.4 is 9.80 Å². The Morgan fingerprint density at radius 2 is 1.66 bits per heavy atom. The number of aryl methyl sites for hydroxylation is 1. The molecule has 0 atom stereocenters. The molecule has 0 aliphatic carbocycles. The Morgan fingerprint density at radius 1 is 0.977 bits per heavy atom. The van der Waals surface area contributed by atoms with Crippen LogP contribution >= 0.6 is 11.6 Å². The minimum atomic E-state index is -4.57. The first-order valence-corrected chi connectivity index (χ1v) is 14.5. The molecule has 1 amide bonds. The van der Waals surface area contributed by atoms with Crippen LogP contribution in [0, 0.1) is 20.8 Å². The van der Waals surface area contributed by atoms with E-state index in [9.17, 15) is 27.9 Å². The van der Waals surface area contributed by atoms with E-state index in [-0.39, 0.29) is 17.2 Å². The topological polar surface area (TPSA) is 103 Å². The van der Waals surface area contributed by atoms with Gasteiger partial charge in [0, 0.05) is 37.3 Å². The van der Waals surface area contributed by atoms with E-state index in [0.717, 1.165) is 11.6 Å². The molecule has 1 saturated heterocycles. The van der Waals surface area contributed by atoms with Gasteiger partial charge in [-0.25, -0.2) is 19.7 Å². The van der Waals surface area contributed by atoms with Gasteiger partial charge in [-0.15, -0.1) is 0 Å². The number of benzene rings is 1. The lowest BCUT2D eigenvalue weighted by Crippen LogP contribution is -2.61. The number of carbonyl (C=O) groups is 2. The number of carboxylic acids is 1. The van der Waals surface area contributed by atoms with E-state index in [2.05, 4.69) is 14.9 Å². The van der Waals surface area contributed by atoms with Crippen molar-refractivity contribution >= 4 is 40.8 Å². The molecule has 2 aromatic heterocycles. The van der Waals surface area contributed by atoms with Crippen LogP contribution in [0.3, 0.4) is 0 Å². The van der Waals surface area contributed by atoms with Gasteiger partial charge in [0.05, 0.1) is 39.3 Å². The molecular weight excluding hydrogens is 597 g/mol. The second-order valence-electron chi connectivity index (χ2n) is 12.7. The second-order valence-corrected chi connectivity index (χ2v) is 13.1. The standard InChI is InChI=1S/C31H34ClF3N6O3/c1-16-17(2)25(37-18(3)23(16)28(43)44)39-10-11-41(30(6,7)15-39)27(42)22-13-36-26-24(38-22)29(4,5)14-40(26)19-8-9-20(21(32)12-19)31(33,34)35/h8-9,12-13H,10-11,14-15H2,1-7H3,(H,43,44). The maximum absolute atomic E-state index is 13.9. The van der Waals surface area contributed by atoms with E-state index < -0.39 is 33.7 Å². The summed E-state index contributed by atoms with van der Waals surface area (Å²) in [6.45, 7) is 14.8. The van der Waals surface area contributed by atoms with Crippen molar-refractivity contribution in [3.63, 3.8) is 0 Å². The van der Waals surface area contributed by atoms with Crippen LogP contribution in [-0.2, 0) is 11.6 Å². The summed E-state index contributed by atoms with van der Waals surface area (Å²) in [5.74, 6) is -0.130. The van der Waals surface area contributed by atoms with Gasteiger partial charge < -0.3 is 19.8 Å². The minimum Gasteiger partial charge on any atom is -0.478 e. The summed E-state index contributed by atoms with van der Waals surface area (Å²) in [6, 6.07) is 3.58. The van der Waals surface area contributed by atoms with Gasteiger partial charge in [0.15, 0.2) is 5.82 Å². The summed E-state index contributed by atoms with van der Waals surface area (Å²) in [4.78, 5) is 45.2. The number of hydrogen-bond donors (Lipinski definition) is 1. The highest BCUT2D eigenvalue weighted by Gasteiger charge is 2.43. The van der Waals surface area contributed by atoms with Crippen LogP contribution in [0.15, 0.2) is 24.4 Å². The van der Waals surface area contributed by atoms with Gasteiger partial charge >= 0.3 is 12.1 Å². The molecule has 1 fully saturated rings. The van der Waals surface area contributed by atoms with Gasteiger partial charge in [-0.3, -0.25) is 4.79 Å². The zero-order chi connectivity index (χ0) is 32.5. The number of aromatic nitrogens is 3. The highest BCUT2D eigenvalue weighted by molar-refractivity contribution is 6.31. The number of fused-ring (bicyclic) bond motifs is 1. The first-order chi connectivity index (χ1) is 20.3. The van der Waals surface area contributed by atoms with Crippen molar-refractivity contribution in [2.24, 2.45) is 0 Å². The van der Waals surface area contributed by atoms with Crippen molar-refractivity contribution in [2.45, 2.75) is 65.6 Å². The first-order valence-electron chi connectivity index (χ1n) is 14.1. The number of aromatic carboxylic acids is 1. The molecule has 1 aromatic carbocycles. The van der Waals surface area contributed by atoms with Crippen molar-refractivity contribution < 1.29 is 27.9 Å². The van der Waals surface area contributed by atoms with Crippen molar-refractivity contribution in [1.82, 2.24) is 19.9 Å². The Labute approximate surface area is 258 Å². The molecule has 9 nitrogen and oxygen atoms in total. The van der Waals surface area contributed by atoms with E-state index in [1.165, 1.54) is 18.3 Å². The van der Waals surface area contributed by atoms with Crippen LogP contribution in [0.1, 0.15) is 76.6 Å². The van der Waals surface area contributed by atoms with E-state index in [4.69, 9.17) is 16.6 Å². The molecule has 3 aromatic rings. The third-order valence-electron chi connectivity index (χ3n) is 8.56. The minimum absolute atomic E-state index is 0.178. The molecule has 4 heterocycles. The normalized spacial score (nSPS) is 17.6. The maximum atomic E-state index is 13.9. The van der Waals surface area contributed by atoms with E-state index in [0.29, 0.717) is 60.5 Å². The molecule has 0 saturated carbocycles. The first kappa shape index (κ1) is 31.5.